The number of hydrogen-bond acceptors (Lipinski definition) is 5. The Bertz CT molecular complexity index is 1140. The smallest absolute Gasteiger partial charge is 0.269 e. The molecule has 0 aliphatic carbocycles. The average molecular weight is 415 g/mol. The van der Waals surface area contributed by atoms with Gasteiger partial charge in [0.2, 0.25) is 0 Å². The molecule has 0 unspecified atom stereocenters. The van der Waals surface area contributed by atoms with Gasteiger partial charge in [-0.2, -0.15) is 0 Å². The van der Waals surface area contributed by atoms with Gasteiger partial charge in [0.25, 0.3) is 5.91 Å². The summed E-state index contributed by atoms with van der Waals surface area (Å²) in [4.78, 5) is 22.4. The van der Waals surface area contributed by atoms with E-state index in [0.29, 0.717) is 31.3 Å². The Morgan fingerprint density at radius 1 is 1.00 bits per heavy atom. The quantitative estimate of drug-likeness (QED) is 0.463. The van der Waals surface area contributed by atoms with Gasteiger partial charge < -0.3 is 11.1 Å². The second-order valence-corrected chi connectivity index (χ2v) is 7.59. The molecular weight excluding hydrogens is 403 g/mol. The molecule has 3 N–H and O–H groups in total. The number of carbonyl (C=O) groups excluding carboxylic acids is 1. The molecule has 3 heterocycles. The van der Waals surface area contributed by atoms with Gasteiger partial charge >= 0.3 is 0 Å². The Labute approximate surface area is 168 Å². The van der Waals surface area contributed by atoms with Crippen LogP contribution in [-0.2, 0) is 0 Å². The summed E-state index contributed by atoms with van der Waals surface area (Å²) in [5, 5.41) is 4.62. The van der Waals surface area contributed by atoms with E-state index in [0.717, 1.165) is 16.6 Å². The summed E-state index contributed by atoms with van der Waals surface area (Å²) < 4.78 is 0. The SMILES string of the molecule is Nc1c(C(=O)Nc2ccc(Cl)cn2)sc2nc(-c3ccc(Cl)cc3)ccc12. The normalized spacial score (nSPS) is 10.9. The molecule has 0 saturated carbocycles. The number of halogens is 2. The zero-order valence-corrected chi connectivity index (χ0v) is 16.1. The summed E-state index contributed by atoms with van der Waals surface area (Å²) in [7, 11) is 0. The Kier molecular flexibility index (Phi) is 4.70. The highest BCUT2D eigenvalue weighted by Crippen LogP contribution is 2.34. The number of nitrogens with one attached hydrogen (secondary N) is 1. The van der Waals surface area contributed by atoms with E-state index in [9.17, 15) is 4.79 Å². The van der Waals surface area contributed by atoms with Gasteiger partial charge in [0.15, 0.2) is 0 Å². The largest absolute Gasteiger partial charge is 0.397 e. The highest BCUT2D eigenvalue weighted by Gasteiger charge is 2.18. The predicted molar refractivity (Wildman–Crippen MR) is 112 cm³/mol. The molecule has 0 aliphatic rings. The fourth-order valence-corrected chi connectivity index (χ4v) is 3.80. The maximum absolute atomic E-state index is 12.6. The molecule has 0 spiro atoms. The Hall–Kier alpha value is -2.67. The molecule has 134 valence electrons. The summed E-state index contributed by atoms with van der Waals surface area (Å²) in [5.74, 6) is 0.0643. The van der Waals surface area contributed by atoms with Gasteiger partial charge in [-0.15, -0.1) is 11.3 Å². The van der Waals surface area contributed by atoms with Crippen molar-refractivity contribution in [2.24, 2.45) is 0 Å². The molecule has 4 rings (SSSR count). The standard InChI is InChI=1S/C19H12Cl2N4OS/c20-11-3-1-10(2-4-11)14-7-6-13-16(22)17(27-19(13)24-14)18(26)25-15-8-5-12(21)9-23-15/h1-9H,22H2,(H,23,25,26). The van der Waals surface area contributed by atoms with Crippen LogP contribution >= 0.6 is 34.5 Å². The minimum atomic E-state index is -0.335. The first-order chi connectivity index (χ1) is 13.0. The van der Waals surface area contributed by atoms with Crippen molar-refractivity contribution in [3.8, 4) is 11.3 Å². The van der Waals surface area contributed by atoms with Gasteiger partial charge in [0.1, 0.15) is 15.5 Å². The highest BCUT2D eigenvalue weighted by molar-refractivity contribution is 7.21. The van der Waals surface area contributed by atoms with Crippen LogP contribution in [0.1, 0.15) is 9.67 Å². The molecule has 0 bridgehead atoms. The number of anilines is 2. The number of rotatable bonds is 3. The van der Waals surface area contributed by atoms with E-state index >= 15 is 0 Å². The zero-order chi connectivity index (χ0) is 19.0. The Morgan fingerprint density at radius 2 is 1.74 bits per heavy atom. The zero-order valence-electron chi connectivity index (χ0n) is 13.7. The van der Waals surface area contributed by atoms with Crippen LogP contribution in [0.3, 0.4) is 0 Å². The number of nitrogens with two attached hydrogens (primary N) is 1. The highest BCUT2D eigenvalue weighted by atomic mass is 35.5. The van der Waals surface area contributed by atoms with Crippen LogP contribution in [0.15, 0.2) is 54.7 Å². The van der Waals surface area contributed by atoms with Gasteiger partial charge in [0.05, 0.1) is 16.4 Å². The van der Waals surface area contributed by atoms with Gasteiger partial charge in [0, 0.05) is 22.2 Å². The summed E-state index contributed by atoms with van der Waals surface area (Å²) >= 11 is 13.0. The number of nitrogens with zero attached hydrogens (tertiary/aromatic N) is 2. The number of thiophene rings is 1. The third-order valence-electron chi connectivity index (χ3n) is 3.91. The second kappa shape index (κ2) is 7.15. The van der Waals surface area contributed by atoms with E-state index in [2.05, 4.69) is 15.3 Å². The Balaban J connectivity index is 1.67. The van der Waals surface area contributed by atoms with E-state index in [1.165, 1.54) is 17.5 Å². The van der Waals surface area contributed by atoms with Crippen LogP contribution in [0, 0.1) is 0 Å². The van der Waals surface area contributed by atoms with Gasteiger partial charge in [-0.05, 0) is 36.4 Å². The van der Waals surface area contributed by atoms with Crippen molar-refractivity contribution in [2.75, 3.05) is 11.1 Å². The van der Waals surface area contributed by atoms with Crippen molar-refractivity contribution in [3.63, 3.8) is 0 Å². The molecule has 1 aromatic carbocycles. The van der Waals surface area contributed by atoms with Gasteiger partial charge in [-0.1, -0.05) is 35.3 Å². The van der Waals surface area contributed by atoms with Crippen molar-refractivity contribution in [2.45, 2.75) is 0 Å². The Morgan fingerprint density at radius 3 is 2.44 bits per heavy atom. The molecule has 1 amide bonds. The maximum Gasteiger partial charge on any atom is 0.269 e. The van der Waals surface area contributed by atoms with Crippen molar-refractivity contribution in [3.05, 3.63) is 69.7 Å². The molecule has 0 aliphatic heterocycles. The van der Waals surface area contributed by atoms with Crippen LogP contribution in [0.25, 0.3) is 21.5 Å². The number of carbonyl (C=O) groups is 1. The minimum Gasteiger partial charge on any atom is -0.397 e. The lowest BCUT2D eigenvalue weighted by Gasteiger charge is -2.03. The van der Waals surface area contributed by atoms with Crippen molar-refractivity contribution < 1.29 is 4.79 Å². The fourth-order valence-electron chi connectivity index (χ4n) is 2.57. The van der Waals surface area contributed by atoms with Crippen LogP contribution in [0.4, 0.5) is 11.5 Å². The van der Waals surface area contributed by atoms with Crippen molar-refractivity contribution in [1.82, 2.24) is 9.97 Å². The lowest BCUT2D eigenvalue weighted by atomic mass is 10.1. The monoisotopic (exact) mass is 414 g/mol. The fraction of sp³-hybridized carbons (Fsp3) is 0. The molecule has 0 saturated heterocycles. The van der Waals surface area contributed by atoms with Crippen molar-refractivity contribution >= 4 is 62.2 Å². The van der Waals surface area contributed by atoms with Crippen LogP contribution in [-0.4, -0.2) is 15.9 Å². The minimum absolute atomic E-state index is 0.335. The van der Waals surface area contributed by atoms with E-state index in [-0.39, 0.29) is 5.91 Å². The van der Waals surface area contributed by atoms with Crippen LogP contribution < -0.4 is 11.1 Å². The molecule has 8 heteroatoms. The summed E-state index contributed by atoms with van der Waals surface area (Å²) in [5.41, 5.74) is 8.30. The van der Waals surface area contributed by atoms with Crippen molar-refractivity contribution in [1.29, 1.82) is 0 Å². The average Bonchev–Trinajstić information content (AvgIpc) is 3.00. The van der Waals surface area contributed by atoms with Gasteiger partial charge in [-0.3, -0.25) is 4.79 Å². The third-order valence-corrected chi connectivity index (χ3v) is 5.50. The molecule has 0 atom stereocenters. The predicted octanol–water partition coefficient (Wildman–Crippen LogP) is 5.50. The van der Waals surface area contributed by atoms with Crippen LogP contribution in [0.5, 0.6) is 0 Å². The van der Waals surface area contributed by atoms with E-state index in [4.69, 9.17) is 28.9 Å². The first-order valence-electron chi connectivity index (χ1n) is 7.89. The van der Waals surface area contributed by atoms with Gasteiger partial charge in [-0.25, -0.2) is 9.97 Å². The first kappa shape index (κ1) is 17.7. The lowest BCUT2D eigenvalue weighted by Crippen LogP contribution is -2.12. The molecular formula is C19H12Cl2N4OS. The summed E-state index contributed by atoms with van der Waals surface area (Å²) in [6.07, 6.45) is 1.46. The number of hydrogen-bond donors (Lipinski definition) is 2. The molecule has 27 heavy (non-hydrogen) atoms. The van der Waals surface area contributed by atoms with E-state index in [1.54, 1.807) is 12.1 Å². The lowest BCUT2D eigenvalue weighted by molar-refractivity contribution is 0.103. The molecule has 0 radical (unpaired) electrons. The summed E-state index contributed by atoms with van der Waals surface area (Å²) in [6, 6.07) is 14.4. The van der Waals surface area contributed by atoms with E-state index < -0.39 is 0 Å². The summed E-state index contributed by atoms with van der Waals surface area (Å²) in [6.45, 7) is 0. The topological polar surface area (TPSA) is 80.9 Å². The number of pyridine rings is 2. The second-order valence-electron chi connectivity index (χ2n) is 5.72. The number of benzene rings is 1. The molecule has 5 nitrogen and oxygen atoms in total. The molecule has 3 aromatic heterocycles. The molecule has 4 aromatic rings. The third kappa shape index (κ3) is 3.60. The maximum atomic E-state index is 12.6. The first-order valence-corrected chi connectivity index (χ1v) is 9.46. The number of nitrogen functional groups attached to an aromatic ring is 1. The van der Waals surface area contributed by atoms with Crippen LogP contribution in [0.2, 0.25) is 10.0 Å². The number of amides is 1. The molecule has 0 fully saturated rings. The van der Waals surface area contributed by atoms with E-state index in [1.807, 2.05) is 36.4 Å². The number of aromatic nitrogens is 2. The number of fused-ring (bicyclic) bond motifs is 1.